The van der Waals surface area contributed by atoms with E-state index in [4.69, 9.17) is 15.0 Å². The number of rotatable bonds is 7. The van der Waals surface area contributed by atoms with Gasteiger partial charge in [0, 0.05) is 50.1 Å². The molecule has 0 amide bonds. The Morgan fingerprint density at radius 3 is 2.38 bits per heavy atom. The van der Waals surface area contributed by atoms with E-state index in [1.165, 1.54) is 0 Å². The summed E-state index contributed by atoms with van der Waals surface area (Å²) in [5.41, 5.74) is 6.25. The highest BCUT2D eigenvalue weighted by atomic mass is 19.2. The fraction of sp³-hybridized carbons (Fsp3) is 0.520. The van der Waals surface area contributed by atoms with Crippen molar-refractivity contribution in [2.75, 3.05) is 42.6 Å². The van der Waals surface area contributed by atoms with E-state index < -0.39 is 29.4 Å². The molecule has 2 saturated heterocycles. The number of nitrogens with zero attached hydrogens (tertiary/aromatic N) is 6. The number of piperidine rings is 1. The third-order valence-electron chi connectivity index (χ3n) is 7.01. The van der Waals surface area contributed by atoms with Gasteiger partial charge in [-0.25, -0.2) is 23.1 Å². The summed E-state index contributed by atoms with van der Waals surface area (Å²) in [5.74, 6) is -0.793. The molecule has 5 rings (SSSR count). The monoisotopic (exact) mass is 517 g/mol. The van der Waals surface area contributed by atoms with Crippen LogP contribution in [0.4, 0.5) is 25.1 Å². The molecule has 2 fully saturated rings. The molecule has 3 aromatic rings. The van der Waals surface area contributed by atoms with Crippen LogP contribution in [0.25, 0.3) is 0 Å². The summed E-state index contributed by atoms with van der Waals surface area (Å²) in [6.45, 7) is 6.90. The minimum atomic E-state index is -1.22. The summed E-state index contributed by atoms with van der Waals surface area (Å²) in [6.07, 6.45) is 5.08. The van der Waals surface area contributed by atoms with Gasteiger partial charge < -0.3 is 24.8 Å². The number of ether oxygens (including phenoxy) is 1. The first-order valence-electron chi connectivity index (χ1n) is 12.5. The molecule has 2 unspecified atom stereocenters. The van der Waals surface area contributed by atoms with Gasteiger partial charge in [0.15, 0.2) is 17.4 Å². The second-order valence-electron chi connectivity index (χ2n) is 10.0. The first-order valence-corrected chi connectivity index (χ1v) is 12.5. The van der Waals surface area contributed by atoms with Gasteiger partial charge in [0.25, 0.3) is 5.95 Å². The maximum Gasteiger partial charge on any atom is 0.266 e. The Kier molecular flexibility index (Phi) is 7.18. The van der Waals surface area contributed by atoms with E-state index in [1.807, 2.05) is 13.8 Å². The van der Waals surface area contributed by atoms with Crippen LogP contribution in [0.3, 0.4) is 0 Å². The Morgan fingerprint density at radius 2 is 1.70 bits per heavy atom. The first-order chi connectivity index (χ1) is 17.8. The number of aromatic nitrogens is 4. The van der Waals surface area contributed by atoms with E-state index in [-0.39, 0.29) is 11.5 Å². The third-order valence-corrected chi connectivity index (χ3v) is 7.01. The molecule has 2 N–H and O–H groups in total. The van der Waals surface area contributed by atoms with E-state index in [9.17, 15) is 13.2 Å². The fourth-order valence-corrected chi connectivity index (χ4v) is 4.79. The van der Waals surface area contributed by atoms with Gasteiger partial charge in [-0.3, -0.25) is 0 Å². The summed E-state index contributed by atoms with van der Waals surface area (Å²) in [7, 11) is 0. The molecule has 12 heteroatoms. The maximum absolute atomic E-state index is 14.3. The maximum atomic E-state index is 14.3. The Balaban J connectivity index is 1.12. The van der Waals surface area contributed by atoms with Crippen molar-refractivity contribution in [3.05, 3.63) is 53.4 Å². The van der Waals surface area contributed by atoms with Crippen LogP contribution < -0.4 is 20.3 Å². The fourth-order valence-electron chi connectivity index (χ4n) is 4.79. The van der Waals surface area contributed by atoms with Gasteiger partial charge in [-0.15, -0.1) is 0 Å². The number of hydrogen-bond acceptors (Lipinski definition) is 9. The summed E-state index contributed by atoms with van der Waals surface area (Å²) < 4.78 is 52.5. The predicted molar refractivity (Wildman–Crippen MR) is 130 cm³/mol. The minimum Gasteiger partial charge on any atom is -0.490 e. The minimum absolute atomic E-state index is 0.0552. The zero-order chi connectivity index (χ0) is 26.1. The number of anilines is 2. The molecule has 9 nitrogen and oxygen atoms in total. The highest BCUT2D eigenvalue weighted by molar-refractivity contribution is 5.39. The van der Waals surface area contributed by atoms with Gasteiger partial charge in [-0.05, 0) is 35.5 Å². The number of nitrogens with two attached hydrogens (primary N) is 1. The summed E-state index contributed by atoms with van der Waals surface area (Å²) in [4.78, 5) is 17.2. The van der Waals surface area contributed by atoms with Crippen LogP contribution in [0.15, 0.2) is 29.0 Å². The second-order valence-corrected chi connectivity index (χ2v) is 10.0. The lowest BCUT2D eigenvalue weighted by Gasteiger charge is -2.30. The SMILES string of the molecule is CC(C)c1nc(N2CCC(COc3cnc(N4CC(N)C(c5cc(F)c(F)cc5F)C4)nc3)CC2)no1. The topological polar surface area (TPSA) is 106 Å². The van der Waals surface area contributed by atoms with Crippen molar-refractivity contribution in [3.63, 3.8) is 0 Å². The lowest BCUT2D eigenvalue weighted by atomic mass is 9.94. The van der Waals surface area contributed by atoms with Gasteiger partial charge in [0.2, 0.25) is 11.8 Å². The van der Waals surface area contributed by atoms with E-state index in [2.05, 4.69) is 25.0 Å². The quantitative estimate of drug-likeness (QED) is 0.470. The van der Waals surface area contributed by atoms with Crippen molar-refractivity contribution in [2.24, 2.45) is 11.7 Å². The van der Waals surface area contributed by atoms with Gasteiger partial charge in [-0.1, -0.05) is 13.8 Å². The molecule has 2 aromatic heterocycles. The molecular weight excluding hydrogens is 487 g/mol. The van der Waals surface area contributed by atoms with Crippen LogP contribution in [0.2, 0.25) is 0 Å². The normalized spacial score (nSPS) is 20.7. The largest absolute Gasteiger partial charge is 0.490 e. The van der Waals surface area contributed by atoms with Gasteiger partial charge in [0.1, 0.15) is 5.82 Å². The average molecular weight is 518 g/mol. The molecule has 0 saturated carbocycles. The third kappa shape index (κ3) is 5.48. The van der Waals surface area contributed by atoms with Gasteiger partial charge >= 0.3 is 0 Å². The standard InChI is InChI=1S/C25H30F3N7O2/c1-14(2)23-32-25(33-37-23)34-5-3-15(4-6-34)13-36-16-9-30-24(31-10-16)35-11-18(22(29)12-35)17-7-20(27)21(28)8-19(17)26/h7-10,14-15,18,22H,3-6,11-13,29H2,1-2H3. The zero-order valence-corrected chi connectivity index (χ0v) is 20.8. The van der Waals surface area contributed by atoms with Crippen LogP contribution in [0, 0.1) is 23.4 Å². The summed E-state index contributed by atoms with van der Waals surface area (Å²) in [5, 5.41) is 4.09. The molecule has 2 aliphatic heterocycles. The predicted octanol–water partition coefficient (Wildman–Crippen LogP) is 3.63. The number of hydrogen-bond donors (Lipinski definition) is 1. The van der Waals surface area contributed by atoms with E-state index in [0.717, 1.165) is 32.0 Å². The number of benzene rings is 1. The van der Waals surface area contributed by atoms with E-state index in [0.29, 0.717) is 55.2 Å². The van der Waals surface area contributed by atoms with Crippen molar-refractivity contribution in [1.82, 2.24) is 20.1 Å². The molecular formula is C25H30F3N7O2. The molecule has 0 bridgehead atoms. The molecule has 198 valence electrons. The van der Waals surface area contributed by atoms with Crippen molar-refractivity contribution in [3.8, 4) is 5.75 Å². The smallest absolute Gasteiger partial charge is 0.266 e. The van der Waals surface area contributed by atoms with Crippen LogP contribution >= 0.6 is 0 Å². The van der Waals surface area contributed by atoms with Crippen molar-refractivity contribution < 1.29 is 22.4 Å². The van der Waals surface area contributed by atoms with Gasteiger partial charge in [0.05, 0.1) is 19.0 Å². The first kappa shape index (κ1) is 25.2. The van der Waals surface area contributed by atoms with Crippen LogP contribution in [0.1, 0.15) is 50.0 Å². The summed E-state index contributed by atoms with van der Waals surface area (Å²) >= 11 is 0. The Hall–Kier alpha value is -3.41. The van der Waals surface area contributed by atoms with E-state index >= 15 is 0 Å². The van der Waals surface area contributed by atoms with Crippen LogP contribution in [0.5, 0.6) is 5.75 Å². The molecule has 0 radical (unpaired) electrons. The molecule has 4 heterocycles. The average Bonchev–Trinajstić information content (AvgIpc) is 3.53. The molecule has 37 heavy (non-hydrogen) atoms. The van der Waals surface area contributed by atoms with Crippen molar-refractivity contribution in [2.45, 2.75) is 44.6 Å². The van der Waals surface area contributed by atoms with Crippen LogP contribution in [-0.2, 0) is 0 Å². The Bertz CT molecular complexity index is 1220. The lowest BCUT2D eigenvalue weighted by Crippen LogP contribution is -2.36. The lowest BCUT2D eigenvalue weighted by molar-refractivity contribution is 0.221. The molecule has 1 aromatic carbocycles. The highest BCUT2D eigenvalue weighted by Crippen LogP contribution is 2.32. The Morgan fingerprint density at radius 1 is 1.00 bits per heavy atom. The van der Waals surface area contributed by atoms with Gasteiger partial charge in [-0.2, -0.15) is 4.98 Å². The van der Waals surface area contributed by atoms with Crippen molar-refractivity contribution in [1.29, 1.82) is 0 Å². The van der Waals surface area contributed by atoms with Crippen molar-refractivity contribution >= 4 is 11.9 Å². The van der Waals surface area contributed by atoms with Crippen LogP contribution in [-0.4, -0.2) is 58.9 Å². The Labute approximate surface area is 212 Å². The zero-order valence-electron chi connectivity index (χ0n) is 20.8. The number of halogens is 3. The molecule has 2 atom stereocenters. The highest BCUT2D eigenvalue weighted by Gasteiger charge is 2.35. The molecule has 0 spiro atoms. The molecule has 0 aliphatic carbocycles. The van der Waals surface area contributed by atoms with E-state index in [1.54, 1.807) is 17.3 Å². The second kappa shape index (κ2) is 10.5. The summed E-state index contributed by atoms with van der Waals surface area (Å²) in [6, 6.07) is 0.959. The molecule has 2 aliphatic rings.